The van der Waals surface area contributed by atoms with E-state index in [1.165, 1.54) is 77.5 Å². The highest BCUT2D eigenvalue weighted by atomic mass is 15.1. The van der Waals surface area contributed by atoms with Crippen LogP contribution < -0.4 is 5.32 Å². The summed E-state index contributed by atoms with van der Waals surface area (Å²) in [5.41, 5.74) is 0. The first kappa shape index (κ1) is 13.4. The molecule has 17 heavy (non-hydrogen) atoms. The molecule has 0 aromatic carbocycles. The summed E-state index contributed by atoms with van der Waals surface area (Å²) < 4.78 is 0. The van der Waals surface area contributed by atoms with Crippen molar-refractivity contribution in [1.82, 2.24) is 10.2 Å². The van der Waals surface area contributed by atoms with Crippen LogP contribution in [-0.4, -0.2) is 38.1 Å². The Bertz CT molecular complexity index is 193. The fourth-order valence-electron chi connectivity index (χ4n) is 3.48. The average molecular weight is 238 g/mol. The van der Waals surface area contributed by atoms with E-state index in [2.05, 4.69) is 17.3 Å². The van der Waals surface area contributed by atoms with Gasteiger partial charge in [0.25, 0.3) is 0 Å². The maximum atomic E-state index is 3.52. The summed E-state index contributed by atoms with van der Waals surface area (Å²) in [6.45, 7) is 5.16. The first-order valence-corrected chi connectivity index (χ1v) is 7.74. The van der Waals surface area contributed by atoms with Gasteiger partial charge in [-0.15, -0.1) is 0 Å². The van der Waals surface area contributed by atoms with Crippen LogP contribution in [0.25, 0.3) is 0 Å². The van der Waals surface area contributed by atoms with Crippen molar-refractivity contribution in [1.29, 1.82) is 0 Å². The van der Waals surface area contributed by atoms with Gasteiger partial charge in [0.2, 0.25) is 0 Å². The lowest BCUT2D eigenvalue weighted by atomic mass is 9.89. The van der Waals surface area contributed by atoms with Crippen LogP contribution >= 0.6 is 0 Å². The van der Waals surface area contributed by atoms with E-state index in [1.807, 2.05) is 0 Å². The molecule has 0 aromatic rings. The fraction of sp³-hybridized carbons (Fsp3) is 1.00. The van der Waals surface area contributed by atoms with Gasteiger partial charge in [-0.1, -0.05) is 19.3 Å². The quantitative estimate of drug-likeness (QED) is 0.792. The Kier molecular flexibility index (Phi) is 5.79. The SMILES string of the molecule is CN(CCC1CCCNC1)CC1CCCCC1. The van der Waals surface area contributed by atoms with Crippen LogP contribution in [0.5, 0.6) is 0 Å². The maximum absolute atomic E-state index is 3.52. The van der Waals surface area contributed by atoms with E-state index in [-0.39, 0.29) is 0 Å². The van der Waals surface area contributed by atoms with Gasteiger partial charge in [-0.25, -0.2) is 0 Å². The monoisotopic (exact) mass is 238 g/mol. The number of rotatable bonds is 5. The molecule has 1 aliphatic heterocycles. The van der Waals surface area contributed by atoms with Crippen molar-refractivity contribution in [3.63, 3.8) is 0 Å². The molecule has 1 unspecified atom stereocenters. The third-order valence-corrected chi connectivity index (χ3v) is 4.61. The molecule has 2 aliphatic rings. The molecule has 0 bridgehead atoms. The maximum Gasteiger partial charge on any atom is 0.000661 e. The van der Waals surface area contributed by atoms with Crippen LogP contribution in [0.4, 0.5) is 0 Å². The van der Waals surface area contributed by atoms with Gasteiger partial charge in [-0.05, 0) is 70.6 Å². The van der Waals surface area contributed by atoms with E-state index in [9.17, 15) is 0 Å². The van der Waals surface area contributed by atoms with E-state index in [1.54, 1.807) is 0 Å². The third kappa shape index (κ3) is 4.97. The molecule has 1 saturated heterocycles. The minimum absolute atomic E-state index is 0.942. The van der Waals surface area contributed by atoms with Crippen LogP contribution in [0, 0.1) is 11.8 Å². The van der Waals surface area contributed by atoms with Crippen LogP contribution in [0.1, 0.15) is 51.4 Å². The Balaban J connectivity index is 1.57. The van der Waals surface area contributed by atoms with Gasteiger partial charge < -0.3 is 10.2 Å². The lowest BCUT2D eigenvalue weighted by Gasteiger charge is -2.29. The molecule has 100 valence electrons. The van der Waals surface area contributed by atoms with Crippen LogP contribution in [-0.2, 0) is 0 Å². The summed E-state index contributed by atoms with van der Waals surface area (Å²) in [7, 11) is 2.32. The lowest BCUT2D eigenvalue weighted by molar-refractivity contribution is 0.214. The number of nitrogens with zero attached hydrogens (tertiary/aromatic N) is 1. The summed E-state index contributed by atoms with van der Waals surface area (Å²) in [6.07, 6.45) is 11.6. The van der Waals surface area contributed by atoms with Gasteiger partial charge in [0, 0.05) is 6.54 Å². The predicted molar refractivity (Wildman–Crippen MR) is 74.3 cm³/mol. The van der Waals surface area contributed by atoms with Crippen molar-refractivity contribution in [2.45, 2.75) is 51.4 Å². The van der Waals surface area contributed by atoms with Gasteiger partial charge in [0.15, 0.2) is 0 Å². The molecular formula is C15H30N2. The van der Waals surface area contributed by atoms with Crippen molar-refractivity contribution < 1.29 is 0 Å². The van der Waals surface area contributed by atoms with Crippen molar-refractivity contribution in [3.05, 3.63) is 0 Å². The van der Waals surface area contributed by atoms with Crippen LogP contribution in [0.15, 0.2) is 0 Å². The second kappa shape index (κ2) is 7.38. The number of nitrogens with one attached hydrogen (secondary N) is 1. The molecule has 2 nitrogen and oxygen atoms in total. The topological polar surface area (TPSA) is 15.3 Å². The van der Waals surface area contributed by atoms with E-state index in [0.29, 0.717) is 0 Å². The summed E-state index contributed by atoms with van der Waals surface area (Å²) in [5.74, 6) is 1.94. The van der Waals surface area contributed by atoms with Crippen molar-refractivity contribution in [2.75, 3.05) is 33.2 Å². The van der Waals surface area contributed by atoms with E-state index in [4.69, 9.17) is 0 Å². The largest absolute Gasteiger partial charge is 0.316 e. The second-order valence-electron chi connectivity index (χ2n) is 6.27. The standard InChI is InChI=1S/C15H30N2/c1-17(13-15-6-3-2-4-7-15)11-9-14-8-5-10-16-12-14/h14-16H,2-13H2,1H3. The molecule has 2 heteroatoms. The van der Waals surface area contributed by atoms with E-state index in [0.717, 1.165) is 11.8 Å². The molecule has 0 radical (unpaired) electrons. The highest BCUT2D eigenvalue weighted by Gasteiger charge is 2.17. The van der Waals surface area contributed by atoms with Gasteiger partial charge in [0.1, 0.15) is 0 Å². The smallest absolute Gasteiger partial charge is 0.000661 e. The first-order valence-electron chi connectivity index (χ1n) is 7.74. The summed E-state index contributed by atoms with van der Waals surface area (Å²) in [6, 6.07) is 0. The fourth-order valence-corrected chi connectivity index (χ4v) is 3.48. The van der Waals surface area contributed by atoms with E-state index < -0.39 is 0 Å². The molecule has 2 fully saturated rings. The molecule has 1 aliphatic carbocycles. The van der Waals surface area contributed by atoms with E-state index >= 15 is 0 Å². The van der Waals surface area contributed by atoms with Crippen molar-refractivity contribution in [2.24, 2.45) is 11.8 Å². The number of hydrogen-bond donors (Lipinski definition) is 1. The minimum atomic E-state index is 0.942. The lowest BCUT2D eigenvalue weighted by Crippen LogP contribution is -2.33. The molecule has 0 amide bonds. The molecule has 2 rings (SSSR count). The zero-order chi connectivity index (χ0) is 11.9. The Labute approximate surface area is 107 Å². The van der Waals surface area contributed by atoms with Crippen LogP contribution in [0.3, 0.4) is 0 Å². The summed E-state index contributed by atoms with van der Waals surface area (Å²) in [5, 5.41) is 3.52. The highest BCUT2D eigenvalue weighted by Crippen LogP contribution is 2.24. The van der Waals surface area contributed by atoms with Gasteiger partial charge in [-0.2, -0.15) is 0 Å². The number of hydrogen-bond acceptors (Lipinski definition) is 2. The van der Waals surface area contributed by atoms with Crippen LogP contribution in [0.2, 0.25) is 0 Å². The normalized spacial score (nSPS) is 27.5. The molecule has 1 atom stereocenters. The average Bonchev–Trinajstić information content (AvgIpc) is 2.39. The van der Waals surface area contributed by atoms with Gasteiger partial charge in [-0.3, -0.25) is 0 Å². The number of piperidine rings is 1. The predicted octanol–water partition coefficient (Wildman–Crippen LogP) is 2.89. The van der Waals surface area contributed by atoms with Gasteiger partial charge in [0.05, 0.1) is 0 Å². The Morgan fingerprint density at radius 1 is 1.00 bits per heavy atom. The minimum Gasteiger partial charge on any atom is -0.316 e. The molecule has 1 heterocycles. The molecule has 0 aromatic heterocycles. The first-order chi connectivity index (χ1) is 8.34. The second-order valence-corrected chi connectivity index (χ2v) is 6.27. The van der Waals surface area contributed by atoms with Crippen molar-refractivity contribution in [3.8, 4) is 0 Å². The zero-order valence-electron chi connectivity index (χ0n) is 11.6. The van der Waals surface area contributed by atoms with Gasteiger partial charge >= 0.3 is 0 Å². The third-order valence-electron chi connectivity index (χ3n) is 4.61. The Morgan fingerprint density at radius 3 is 2.47 bits per heavy atom. The zero-order valence-corrected chi connectivity index (χ0v) is 11.6. The molecular weight excluding hydrogens is 208 g/mol. The summed E-state index contributed by atoms with van der Waals surface area (Å²) in [4.78, 5) is 2.59. The molecule has 0 spiro atoms. The Hall–Kier alpha value is -0.0800. The van der Waals surface area contributed by atoms with Crippen molar-refractivity contribution >= 4 is 0 Å². The highest BCUT2D eigenvalue weighted by molar-refractivity contribution is 4.72. The molecule has 1 saturated carbocycles. The summed E-state index contributed by atoms with van der Waals surface area (Å²) >= 11 is 0. The Morgan fingerprint density at radius 2 is 1.76 bits per heavy atom. The molecule has 1 N–H and O–H groups in total.